The first-order valence-corrected chi connectivity index (χ1v) is 11.1. The topological polar surface area (TPSA) is 82.0 Å². The summed E-state index contributed by atoms with van der Waals surface area (Å²) >= 11 is 0. The Morgan fingerprint density at radius 3 is 2.53 bits per heavy atom. The van der Waals surface area contributed by atoms with Gasteiger partial charge in [0.05, 0.1) is 6.54 Å². The largest absolute Gasteiger partial charge is 0.486 e. The van der Waals surface area contributed by atoms with Gasteiger partial charge < -0.3 is 29.0 Å². The maximum absolute atomic E-state index is 12.9. The summed E-state index contributed by atoms with van der Waals surface area (Å²) < 4.78 is 19.1. The monoisotopic (exact) mass is 441 g/mol. The lowest BCUT2D eigenvalue weighted by Crippen LogP contribution is -2.43. The molecule has 1 aromatic heterocycles. The van der Waals surface area contributed by atoms with Crippen LogP contribution in [0.5, 0.6) is 11.5 Å². The van der Waals surface area contributed by atoms with Gasteiger partial charge in [0.15, 0.2) is 11.5 Å². The van der Waals surface area contributed by atoms with E-state index in [1.54, 1.807) is 4.90 Å². The highest BCUT2D eigenvalue weighted by Gasteiger charge is 2.29. The average molecular weight is 442 g/mol. The zero-order valence-corrected chi connectivity index (χ0v) is 18.9. The third-order valence-corrected chi connectivity index (χ3v) is 5.58. The Bertz CT molecular complexity index is 957. The fourth-order valence-corrected chi connectivity index (χ4v) is 4.02. The molecule has 1 fully saturated rings. The van der Waals surface area contributed by atoms with E-state index >= 15 is 0 Å². The summed E-state index contributed by atoms with van der Waals surface area (Å²) in [5.41, 5.74) is 0.104. The standard InChI is InChI=1S/C24H31N3O5/c1-24(2,3)32-23(29)26-13-10-17(11-14-26)27-12-6-7-19(27)22(28)25-15-18-16-30-20-8-4-5-9-21(20)31-18/h4-9,12,17-18H,10-11,13-16H2,1-3H3,(H,25,28). The molecule has 3 heterocycles. The van der Waals surface area contributed by atoms with Gasteiger partial charge in [0.1, 0.15) is 24.0 Å². The predicted octanol–water partition coefficient (Wildman–Crippen LogP) is 3.63. The SMILES string of the molecule is CC(C)(C)OC(=O)N1CCC(n2cccc2C(=O)NCC2COc3ccccc3O2)CC1. The van der Waals surface area contributed by atoms with Crippen LogP contribution in [0.2, 0.25) is 0 Å². The fraction of sp³-hybridized carbons (Fsp3) is 0.500. The van der Waals surface area contributed by atoms with Crippen LogP contribution in [-0.2, 0) is 4.74 Å². The summed E-state index contributed by atoms with van der Waals surface area (Å²) in [6, 6.07) is 11.4. The summed E-state index contributed by atoms with van der Waals surface area (Å²) in [6.45, 7) is 7.55. The molecule has 2 aliphatic heterocycles. The third kappa shape index (κ3) is 5.18. The number of hydrogen-bond donors (Lipinski definition) is 1. The summed E-state index contributed by atoms with van der Waals surface area (Å²) in [6.07, 6.45) is 2.95. The molecule has 0 radical (unpaired) electrons. The number of carbonyl (C=O) groups is 2. The molecule has 0 spiro atoms. The van der Waals surface area contributed by atoms with Crippen molar-refractivity contribution in [3.05, 3.63) is 48.3 Å². The second-order valence-corrected chi connectivity index (χ2v) is 9.21. The number of piperidine rings is 1. The van der Waals surface area contributed by atoms with Gasteiger partial charge in [-0.3, -0.25) is 4.79 Å². The number of hydrogen-bond acceptors (Lipinski definition) is 5. The van der Waals surface area contributed by atoms with E-state index in [2.05, 4.69) is 5.32 Å². The van der Waals surface area contributed by atoms with Crippen molar-refractivity contribution in [1.29, 1.82) is 0 Å². The molecule has 2 aromatic rings. The molecule has 8 heteroatoms. The Labute approximate surface area is 188 Å². The molecule has 172 valence electrons. The summed E-state index contributed by atoms with van der Waals surface area (Å²) in [4.78, 5) is 26.9. The van der Waals surface area contributed by atoms with Gasteiger partial charge in [0.2, 0.25) is 0 Å². The van der Waals surface area contributed by atoms with Crippen molar-refractivity contribution in [1.82, 2.24) is 14.8 Å². The molecule has 1 atom stereocenters. The normalized spacial score (nSPS) is 18.8. The maximum Gasteiger partial charge on any atom is 0.410 e. The Hall–Kier alpha value is -3.16. The smallest absolute Gasteiger partial charge is 0.410 e. The van der Waals surface area contributed by atoms with E-state index in [0.29, 0.717) is 37.7 Å². The minimum absolute atomic E-state index is 0.146. The Kier molecular flexibility index (Phi) is 6.30. The predicted molar refractivity (Wildman–Crippen MR) is 119 cm³/mol. The summed E-state index contributed by atoms with van der Waals surface area (Å²) in [5.74, 6) is 1.27. The number of benzene rings is 1. The molecule has 0 saturated carbocycles. The first-order valence-electron chi connectivity index (χ1n) is 11.1. The molecule has 1 aromatic carbocycles. The van der Waals surface area contributed by atoms with Crippen molar-refractivity contribution in [2.75, 3.05) is 26.2 Å². The van der Waals surface area contributed by atoms with Crippen LogP contribution < -0.4 is 14.8 Å². The van der Waals surface area contributed by atoms with Crippen molar-refractivity contribution < 1.29 is 23.8 Å². The molecule has 1 saturated heterocycles. The van der Waals surface area contributed by atoms with Gasteiger partial charge in [0.25, 0.3) is 5.91 Å². The number of para-hydroxylation sites is 2. The van der Waals surface area contributed by atoms with E-state index in [1.165, 1.54) is 0 Å². The van der Waals surface area contributed by atoms with Crippen LogP contribution in [0, 0.1) is 0 Å². The van der Waals surface area contributed by atoms with Crippen LogP contribution >= 0.6 is 0 Å². The van der Waals surface area contributed by atoms with Crippen LogP contribution in [0.3, 0.4) is 0 Å². The number of nitrogens with one attached hydrogen (secondary N) is 1. The minimum Gasteiger partial charge on any atom is -0.486 e. The molecule has 1 unspecified atom stereocenters. The van der Waals surface area contributed by atoms with Gasteiger partial charge in [-0.05, 0) is 57.9 Å². The fourth-order valence-electron chi connectivity index (χ4n) is 4.02. The number of fused-ring (bicyclic) bond motifs is 1. The quantitative estimate of drug-likeness (QED) is 0.784. The Morgan fingerprint density at radius 2 is 1.81 bits per heavy atom. The van der Waals surface area contributed by atoms with Crippen molar-refractivity contribution >= 4 is 12.0 Å². The Morgan fingerprint density at radius 1 is 1.09 bits per heavy atom. The molecule has 32 heavy (non-hydrogen) atoms. The van der Waals surface area contributed by atoms with E-state index in [-0.39, 0.29) is 24.1 Å². The number of amides is 2. The van der Waals surface area contributed by atoms with Gasteiger partial charge in [-0.25, -0.2) is 4.79 Å². The van der Waals surface area contributed by atoms with Crippen molar-refractivity contribution in [3.8, 4) is 11.5 Å². The lowest BCUT2D eigenvalue weighted by Gasteiger charge is -2.34. The van der Waals surface area contributed by atoms with Crippen LogP contribution in [0.25, 0.3) is 0 Å². The Balaban J connectivity index is 1.30. The number of likely N-dealkylation sites (tertiary alicyclic amines) is 1. The maximum atomic E-state index is 12.9. The van der Waals surface area contributed by atoms with Crippen molar-refractivity contribution in [2.24, 2.45) is 0 Å². The second-order valence-electron chi connectivity index (χ2n) is 9.21. The van der Waals surface area contributed by atoms with Crippen molar-refractivity contribution in [2.45, 2.75) is 51.4 Å². The molecular formula is C24H31N3O5. The number of ether oxygens (including phenoxy) is 3. The van der Waals surface area contributed by atoms with Crippen LogP contribution in [0.4, 0.5) is 4.79 Å². The minimum atomic E-state index is -0.505. The molecule has 0 aliphatic carbocycles. The molecule has 0 bridgehead atoms. The molecule has 2 aliphatic rings. The van der Waals surface area contributed by atoms with Crippen molar-refractivity contribution in [3.63, 3.8) is 0 Å². The highest BCUT2D eigenvalue weighted by Crippen LogP contribution is 2.31. The number of nitrogens with zero attached hydrogens (tertiary/aromatic N) is 2. The molecule has 8 nitrogen and oxygen atoms in total. The number of rotatable bonds is 4. The number of carbonyl (C=O) groups excluding carboxylic acids is 2. The zero-order chi connectivity index (χ0) is 22.7. The highest BCUT2D eigenvalue weighted by atomic mass is 16.6. The first kappa shape index (κ1) is 22.0. The van der Waals surface area contributed by atoms with Gasteiger partial charge in [-0.15, -0.1) is 0 Å². The van der Waals surface area contributed by atoms with Gasteiger partial charge in [-0.1, -0.05) is 12.1 Å². The van der Waals surface area contributed by atoms with Gasteiger partial charge in [-0.2, -0.15) is 0 Å². The second kappa shape index (κ2) is 9.14. The van der Waals surface area contributed by atoms with Crippen LogP contribution in [-0.4, -0.2) is 59.4 Å². The highest BCUT2D eigenvalue weighted by molar-refractivity contribution is 5.92. The summed E-state index contributed by atoms with van der Waals surface area (Å²) in [7, 11) is 0. The lowest BCUT2D eigenvalue weighted by atomic mass is 10.0. The van der Waals surface area contributed by atoms with E-state index in [1.807, 2.05) is 67.9 Å². The van der Waals surface area contributed by atoms with Gasteiger partial charge >= 0.3 is 6.09 Å². The van der Waals surface area contributed by atoms with Crippen LogP contribution in [0.1, 0.15) is 50.1 Å². The van der Waals surface area contributed by atoms with E-state index in [0.717, 1.165) is 18.6 Å². The zero-order valence-electron chi connectivity index (χ0n) is 18.9. The van der Waals surface area contributed by atoms with E-state index in [4.69, 9.17) is 14.2 Å². The molecule has 4 rings (SSSR count). The van der Waals surface area contributed by atoms with E-state index in [9.17, 15) is 9.59 Å². The van der Waals surface area contributed by atoms with Gasteiger partial charge in [0, 0.05) is 25.3 Å². The average Bonchev–Trinajstić information content (AvgIpc) is 3.26. The molecular weight excluding hydrogens is 410 g/mol. The lowest BCUT2D eigenvalue weighted by molar-refractivity contribution is 0.0187. The first-order chi connectivity index (χ1) is 15.3. The molecule has 2 amide bonds. The third-order valence-electron chi connectivity index (χ3n) is 5.58. The van der Waals surface area contributed by atoms with E-state index < -0.39 is 5.60 Å². The number of aromatic nitrogens is 1. The molecule has 1 N–H and O–H groups in total. The summed E-state index contributed by atoms with van der Waals surface area (Å²) in [5, 5.41) is 2.97. The van der Waals surface area contributed by atoms with Crippen LogP contribution in [0.15, 0.2) is 42.6 Å².